The van der Waals surface area contributed by atoms with E-state index in [1.807, 2.05) is 24.3 Å². The summed E-state index contributed by atoms with van der Waals surface area (Å²) in [5, 5.41) is 16.2. The Labute approximate surface area is 140 Å². The predicted molar refractivity (Wildman–Crippen MR) is 88.9 cm³/mol. The van der Waals surface area contributed by atoms with Gasteiger partial charge >= 0.3 is 5.97 Å². The van der Waals surface area contributed by atoms with E-state index in [1.165, 1.54) is 6.33 Å². The van der Waals surface area contributed by atoms with Crippen molar-refractivity contribution in [3.8, 4) is 5.75 Å². The van der Waals surface area contributed by atoms with Crippen molar-refractivity contribution in [2.75, 3.05) is 11.9 Å². The molecule has 1 aliphatic rings. The van der Waals surface area contributed by atoms with Crippen LogP contribution >= 0.6 is 0 Å². The highest BCUT2D eigenvalue weighted by molar-refractivity contribution is 5.90. The number of nitrogens with zero attached hydrogens (tertiary/aromatic N) is 3. The van der Waals surface area contributed by atoms with Gasteiger partial charge in [-0.2, -0.15) is 10.1 Å². The molecule has 0 saturated heterocycles. The summed E-state index contributed by atoms with van der Waals surface area (Å²) in [5.74, 6) is 0.791. The molecule has 0 radical (unpaired) electrons. The molecule has 1 aromatic heterocycles. The summed E-state index contributed by atoms with van der Waals surface area (Å²) in [6.07, 6.45) is 4.03. The van der Waals surface area contributed by atoms with Crippen LogP contribution in [0.5, 0.6) is 5.75 Å². The lowest BCUT2D eigenvalue weighted by Gasteiger charge is -2.22. The minimum absolute atomic E-state index is 0.0951. The lowest BCUT2D eigenvalue weighted by atomic mass is 10.0. The van der Waals surface area contributed by atoms with Crippen molar-refractivity contribution in [2.24, 2.45) is 5.92 Å². The van der Waals surface area contributed by atoms with Gasteiger partial charge in [0.1, 0.15) is 23.8 Å². The van der Waals surface area contributed by atoms with E-state index in [4.69, 9.17) is 4.74 Å². The van der Waals surface area contributed by atoms with Gasteiger partial charge in [0.25, 0.3) is 0 Å². The first-order valence-electron chi connectivity index (χ1n) is 7.89. The van der Waals surface area contributed by atoms with E-state index in [2.05, 4.69) is 29.2 Å². The number of benzene rings is 1. The van der Waals surface area contributed by atoms with Gasteiger partial charge in [0, 0.05) is 0 Å². The highest BCUT2D eigenvalue weighted by Gasteiger charge is 2.25. The minimum atomic E-state index is -1.03. The first-order valence-corrected chi connectivity index (χ1v) is 7.89. The molecule has 0 fully saturated rings. The topological polar surface area (TPSA) is 89.3 Å². The van der Waals surface area contributed by atoms with Crippen LogP contribution in [0.3, 0.4) is 0 Å². The van der Waals surface area contributed by atoms with E-state index in [1.54, 1.807) is 10.8 Å². The van der Waals surface area contributed by atoms with Gasteiger partial charge in [-0.1, -0.05) is 26.0 Å². The van der Waals surface area contributed by atoms with Crippen LogP contribution in [0, 0.1) is 5.92 Å². The van der Waals surface area contributed by atoms with E-state index >= 15 is 0 Å². The van der Waals surface area contributed by atoms with Crippen LogP contribution in [-0.4, -0.2) is 32.4 Å². The number of aliphatic carboxylic acids is 1. The van der Waals surface area contributed by atoms with E-state index in [0.717, 1.165) is 17.7 Å². The lowest BCUT2D eigenvalue weighted by Crippen LogP contribution is -2.24. The van der Waals surface area contributed by atoms with Crippen LogP contribution in [0.15, 0.2) is 42.4 Å². The second-order valence-corrected chi connectivity index (χ2v) is 6.08. The van der Waals surface area contributed by atoms with Crippen molar-refractivity contribution in [2.45, 2.75) is 26.3 Å². The first-order chi connectivity index (χ1) is 11.5. The zero-order valence-electron chi connectivity index (χ0n) is 13.6. The Balaban J connectivity index is 1.80. The molecule has 2 heterocycles. The van der Waals surface area contributed by atoms with Gasteiger partial charge in [0.2, 0.25) is 5.95 Å². The molecule has 1 unspecified atom stereocenters. The maximum atomic E-state index is 11.3. The molecule has 126 valence electrons. The third-order valence-corrected chi connectivity index (χ3v) is 3.82. The normalized spacial score (nSPS) is 16.3. The molecule has 3 rings (SSSR count). The molecule has 1 aromatic carbocycles. The Morgan fingerprint density at radius 1 is 1.38 bits per heavy atom. The molecule has 1 atom stereocenters. The maximum Gasteiger partial charge on any atom is 0.352 e. The van der Waals surface area contributed by atoms with Crippen molar-refractivity contribution in [1.29, 1.82) is 0 Å². The van der Waals surface area contributed by atoms with Gasteiger partial charge in [-0.3, -0.25) is 0 Å². The molecule has 0 saturated carbocycles. The third-order valence-electron chi connectivity index (χ3n) is 3.82. The van der Waals surface area contributed by atoms with Crippen LogP contribution in [-0.2, 0) is 4.79 Å². The predicted octanol–water partition coefficient (Wildman–Crippen LogP) is 2.69. The van der Waals surface area contributed by atoms with Crippen molar-refractivity contribution in [3.05, 3.63) is 47.9 Å². The second kappa shape index (κ2) is 6.74. The summed E-state index contributed by atoms with van der Waals surface area (Å²) in [6.45, 7) is 5.00. The van der Waals surface area contributed by atoms with E-state index < -0.39 is 5.97 Å². The fourth-order valence-electron chi connectivity index (χ4n) is 2.47. The van der Waals surface area contributed by atoms with Crippen molar-refractivity contribution < 1.29 is 14.6 Å². The molecule has 7 heteroatoms. The average molecular weight is 328 g/mol. The summed E-state index contributed by atoms with van der Waals surface area (Å²) < 4.78 is 7.37. The van der Waals surface area contributed by atoms with Gasteiger partial charge in [-0.25, -0.2) is 9.48 Å². The van der Waals surface area contributed by atoms with Crippen LogP contribution < -0.4 is 10.1 Å². The summed E-state index contributed by atoms with van der Waals surface area (Å²) in [6, 6.07) is 7.30. The van der Waals surface area contributed by atoms with Crippen LogP contribution in [0.25, 0.3) is 0 Å². The quantitative estimate of drug-likeness (QED) is 0.847. The number of allylic oxidation sites excluding steroid dienone is 1. The number of ether oxygens (including phenoxy) is 1. The molecular formula is C17H20N4O3. The number of carboxylic acid groups (broad SMARTS) is 1. The number of carboxylic acids is 1. The summed E-state index contributed by atoms with van der Waals surface area (Å²) in [5.41, 5.74) is 1.01. The van der Waals surface area contributed by atoms with E-state index in [9.17, 15) is 9.90 Å². The Kier molecular flexibility index (Phi) is 4.50. The number of hydrogen-bond acceptors (Lipinski definition) is 5. The molecule has 2 aromatic rings. The Morgan fingerprint density at radius 3 is 2.79 bits per heavy atom. The fraction of sp³-hybridized carbons (Fsp3) is 0.353. The molecule has 0 aliphatic carbocycles. The lowest BCUT2D eigenvalue weighted by molar-refractivity contribution is -0.132. The Bertz CT molecular complexity index is 749. The van der Waals surface area contributed by atoms with E-state index in [-0.39, 0.29) is 11.7 Å². The minimum Gasteiger partial charge on any atom is -0.494 e. The van der Waals surface area contributed by atoms with Crippen LogP contribution in [0.2, 0.25) is 0 Å². The second-order valence-electron chi connectivity index (χ2n) is 6.08. The van der Waals surface area contributed by atoms with Gasteiger partial charge < -0.3 is 15.2 Å². The number of aromatic nitrogens is 3. The highest BCUT2D eigenvalue weighted by Crippen LogP contribution is 2.29. The fourth-order valence-corrected chi connectivity index (χ4v) is 2.47. The standard InChI is InChI=1S/C17H20N4O3/c1-11(2)7-8-24-13-5-3-12(4-6-13)15-9-14(16(22)23)20-17-18-10-19-21(15)17/h3-6,9-11,15H,7-8H2,1-2H3,(H,22,23)(H,18,19,20). The van der Waals surface area contributed by atoms with E-state index in [0.29, 0.717) is 18.5 Å². The first kappa shape index (κ1) is 16.0. The monoisotopic (exact) mass is 328 g/mol. The van der Waals surface area contributed by atoms with Crippen molar-refractivity contribution >= 4 is 11.9 Å². The van der Waals surface area contributed by atoms with Crippen LogP contribution in [0.1, 0.15) is 31.9 Å². The van der Waals surface area contributed by atoms with Gasteiger partial charge in [-0.05, 0) is 36.1 Å². The molecule has 0 spiro atoms. The summed E-state index contributed by atoms with van der Waals surface area (Å²) in [7, 11) is 0. The molecule has 0 amide bonds. The molecule has 7 nitrogen and oxygen atoms in total. The number of hydrogen-bond donors (Lipinski definition) is 2. The average Bonchev–Trinajstić information content (AvgIpc) is 3.02. The number of fused-ring (bicyclic) bond motifs is 1. The molecular weight excluding hydrogens is 308 g/mol. The van der Waals surface area contributed by atoms with Gasteiger partial charge in [-0.15, -0.1) is 0 Å². The highest BCUT2D eigenvalue weighted by atomic mass is 16.5. The van der Waals surface area contributed by atoms with Gasteiger partial charge in [0.15, 0.2) is 0 Å². The molecule has 2 N–H and O–H groups in total. The Hall–Kier alpha value is -2.83. The number of rotatable bonds is 6. The SMILES string of the molecule is CC(C)CCOc1ccc(C2C=C(C(=O)O)Nc3ncnn32)cc1. The zero-order chi connectivity index (χ0) is 17.1. The third kappa shape index (κ3) is 3.40. The largest absolute Gasteiger partial charge is 0.494 e. The molecule has 0 bridgehead atoms. The van der Waals surface area contributed by atoms with Crippen molar-refractivity contribution in [1.82, 2.24) is 14.8 Å². The van der Waals surface area contributed by atoms with Crippen molar-refractivity contribution in [3.63, 3.8) is 0 Å². The maximum absolute atomic E-state index is 11.3. The van der Waals surface area contributed by atoms with Gasteiger partial charge in [0.05, 0.1) is 6.61 Å². The van der Waals surface area contributed by atoms with Crippen LogP contribution in [0.4, 0.5) is 5.95 Å². The zero-order valence-corrected chi connectivity index (χ0v) is 13.6. The number of anilines is 1. The summed E-state index contributed by atoms with van der Waals surface area (Å²) in [4.78, 5) is 15.3. The molecule has 1 aliphatic heterocycles. The number of carbonyl (C=O) groups is 1. The molecule has 24 heavy (non-hydrogen) atoms. The summed E-state index contributed by atoms with van der Waals surface area (Å²) >= 11 is 0. The smallest absolute Gasteiger partial charge is 0.352 e. The number of nitrogens with one attached hydrogen (secondary N) is 1. The Morgan fingerprint density at radius 2 is 2.12 bits per heavy atom.